The highest BCUT2D eigenvalue weighted by Gasteiger charge is 2.35. The summed E-state index contributed by atoms with van der Waals surface area (Å²) in [4.78, 5) is 30.9. The SMILES string of the molecule is Cc1ccc2nc(NC(=O)[C@H]3CC(=O)N(c4ccccc4)C3)sc2c1. The highest BCUT2D eigenvalue weighted by molar-refractivity contribution is 7.22. The Morgan fingerprint density at radius 2 is 2.04 bits per heavy atom. The zero-order valence-corrected chi connectivity index (χ0v) is 14.5. The van der Waals surface area contributed by atoms with Crippen molar-refractivity contribution < 1.29 is 9.59 Å². The smallest absolute Gasteiger partial charge is 0.231 e. The quantitative estimate of drug-likeness (QED) is 0.784. The third-order valence-corrected chi connectivity index (χ3v) is 5.27. The summed E-state index contributed by atoms with van der Waals surface area (Å²) in [6.07, 6.45) is 0.227. The van der Waals surface area contributed by atoms with Gasteiger partial charge in [0.1, 0.15) is 0 Å². The molecule has 0 bridgehead atoms. The molecule has 2 amide bonds. The van der Waals surface area contributed by atoms with E-state index in [0.29, 0.717) is 11.7 Å². The van der Waals surface area contributed by atoms with Crippen LogP contribution in [-0.4, -0.2) is 23.3 Å². The highest BCUT2D eigenvalue weighted by atomic mass is 32.1. The van der Waals surface area contributed by atoms with Gasteiger partial charge in [-0.05, 0) is 36.8 Å². The summed E-state index contributed by atoms with van der Waals surface area (Å²) in [5.41, 5.74) is 2.87. The molecule has 1 aliphatic heterocycles. The number of thiazole rings is 1. The van der Waals surface area contributed by atoms with Crippen LogP contribution < -0.4 is 10.2 Å². The molecule has 2 aromatic carbocycles. The minimum absolute atomic E-state index is 0.0220. The number of aryl methyl sites for hydroxylation is 1. The van der Waals surface area contributed by atoms with E-state index in [1.54, 1.807) is 4.90 Å². The number of aromatic nitrogens is 1. The third-order valence-electron chi connectivity index (χ3n) is 4.34. The van der Waals surface area contributed by atoms with E-state index in [-0.39, 0.29) is 24.2 Å². The molecule has 6 heteroatoms. The van der Waals surface area contributed by atoms with Crippen molar-refractivity contribution in [2.75, 3.05) is 16.8 Å². The van der Waals surface area contributed by atoms with Gasteiger partial charge in [0, 0.05) is 18.7 Å². The Labute approximate surface area is 149 Å². The number of benzene rings is 2. The van der Waals surface area contributed by atoms with Crippen molar-refractivity contribution in [2.24, 2.45) is 5.92 Å². The molecule has 1 fully saturated rings. The van der Waals surface area contributed by atoms with Crippen molar-refractivity contribution in [3.05, 3.63) is 54.1 Å². The van der Waals surface area contributed by atoms with Crippen molar-refractivity contribution in [1.29, 1.82) is 0 Å². The maximum Gasteiger partial charge on any atom is 0.231 e. The lowest BCUT2D eigenvalue weighted by molar-refractivity contribution is -0.122. The number of anilines is 2. The van der Waals surface area contributed by atoms with Gasteiger partial charge < -0.3 is 10.2 Å². The van der Waals surface area contributed by atoms with Crippen molar-refractivity contribution in [3.63, 3.8) is 0 Å². The summed E-state index contributed by atoms with van der Waals surface area (Å²) in [5, 5.41) is 3.45. The summed E-state index contributed by atoms with van der Waals surface area (Å²) < 4.78 is 1.05. The number of hydrogen-bond donors (Lipinski definition) is 1. The lowest BCUT2D eigenvalue weighted by Crippen LogP contribution is -2.28. The Kier molecular flexibility index (Phi) is 3.97. The van der Waals surface area contributed by atoms with Gasteiger partial charge in [-0.3, -0.25) is 9.59 Å². The van der Waals surface area contributed by atoms with Crippen molar-refractivity contribution in [3.8, 4) is 0 Å². The number of amides is 2. The highest BCUT2D eigenvalue weighted by Crippen LogP contribution is 2.29. The molecular weight excluding hydrogens is 334 g/mol. The fraction of sp³-hybridized carbons (Fsp3) is 0.211. The van der Waals surface area contributed by atoms with E-state index in [0.717, 1.165) is 21.5 Å². The van der Waals surface area contributed by atoms with Crippen LogP contribution in [0.2, 0.25) is 0 Å². The van der Waals surface area contributed by atoms with E-state index in [2.05, 4.69) is 16.4 Å². The molecule has 0 radical (unpaired) electrons. The van der Waals surface area contributed by atoms with Gasteiger partial charge in [-0.15, -0.1) is 0 Å². The molecule has 126 valence electrons. The van der Waals surface area contributed by atoms with Gasteiger partial charge in [-0.25, -0.2) is 4.98 Å². The van der Waals surface area contributed by atoms with Crippen LogP contribution in [0.5, 0.6) is 0 Å². The topological polar surface area (TPSA) is 62.3 Å². The summed E-state index contributed by atoms with van der Waals surface area (Å²) >= 11 is 1.45. The maximum atomic E-state index is 12.6. The molecule has 5 nitrogen and oxygen atoms in total. The van der Waals surface area contributed by atoms with E-state index in [4.69, 9.17) is 0 Å². The second-order valence-electron chi connectivity index (χ2n) is 6.22. The predicted octanol–water partition coefficient (Wildman–Crippen LogP) is 3.60. The minimum Gasteiger partial charge on any atom is -0.312 e. The number of fused-ring (bicyclic) bond motifs is 1. The minimum atomic E-state index is -0.360. The summed E-state index contributed by atoms with van der Waals surface area (Å²) in [6, 6.07) is 15.5. The Hall–Kier alpha value is -2.73. The molecular formula is C19H17N3O2S. The van der Waals surface area contributed by atoms with Crippen molar-refractivity contribution in [1.82, 2.24) is 4.98 Å². The first-order chi connectivity index (χ1) is 12.1. The number of hydrogen-bond acceptors (Lipinski definition) is 4. The first-order valence-electron chi connectivity index (χ1n) is 8.13. The zero-order chi connectivity index (χ0) is 17.4. The maximum absolute atomic E-state index is 12.6. The van der Waals surface area contributed by atoms with E-state index in [9.17, 15) is 9.59 Å². The molecule has 0 aliphatic carbocycles. The number of rotatable bonds is 3. The van der Waals surface area contributed by atoms with Crippen molar-refractivity contribution in [2.45, 2.75) is 13.3 Å². The number of nitrogens with one attached hydrogen (secondary N) is 1. The average molecular weight is 351 g/mol. The number of carbonyl (C=O) groups is 2. The van der Waals surface area contributed by atoms with Crippen LogP contribution in [0, 0.1) is 12.8 Å². The molecule has 25 heavy (non-hydrogen) atoms. The zero-order valence-electron chi connectivity index (χ0n) is 13.7. The number of carbonyl (C=O) groups excluding carboxylic acids is 2. The van der Waals surface area contributed by atoms with Crippen LogP contribution in [0.4, 0.5) is 10.8 Å². The molecule has 3 aromatic rings. The van der Waals surface area contributed by atoms with Crippen LogP contribution in [0.3, 0.4) is 0 Å². The lowest BCUT2D eigenvalue weighted by atomic mass is 10.1. The Bertz CT molecular complexity index is 952. The molecule has 1 saturated heterocycles. The van der Waals surface area contributed by atoms with E-state index >= 15 is 0 Å². The Balaban J connectivity index is 1.48. The normalized spacial score (nSPS) is 17.2. The molecule has 4 rings (SSSR count). The van der Waals surface area contributed by atoms with Crippen molar-refractivity contribution >= 4 is 44.2 Å². The van der Waals surface area contributed by atoms with Crippen LogP contribution >= 0.6 is 11.3 Å². The standard InChI is InChI=1S/C19H17N3O2S/c1-12-7-8-15-16(9-12)25-19(20-15)21-18(24)13-10-17(23)22(11-13)14-5-3-2-4-6-14/h2-9,13H,10-11H2,1H3,(H,20,21,24)/t13-/m0/s1. The average Bonchev–Trinajstić information content (AvgIpc) is 3.18. The molecule has 1 aliphatic rings. The molecule has 0 unspecified atom stereocenters. The van der Waals surface area contributed by atoms with Gasteiger partial charge in [-0.2, -0.15) is 0 Å². The summed E-state index contributed by atoms with van der Waals surface area (Å²) in [7, 11) is 0. The van der Waals surface area contributed by atoms with Gasteiger partial charge in [-0.1, -0.05) is 35.6 Å². The predicted molar refractivity (Wildman–Crippen MR) is 99.9 cm³/mol. The van der Waals surface area contributed by atoms with Gasteiger partial charge >= 0.3 is 0 Å². The second kappa shape index (κ2) is 6.29. The Morgan fingerprint density at radius 1 is 1.24 bits per heavy atom. The lowest BCUT2D eigenvalue weighted by Gasteiger charge is -2.16. The monoisotopic (exact) mass is 351 g/mol. The van der Waals surface area contributed by atoms with Crippen LogP contribution in [0.1, 0.15) is 12.0 Å². The summed E-state index contributed by atoms with van der Waals surface area (Å²) in [6.45, 7) is 2.43. The molecule has 1 aromatic heterocycles. The molecule has 0 saturated carbocycles. The fourth-order valence-electron chi connectivity index (χ4n) is 3.03. The van der Waals surface area contributed by atoms with Gasteiger partial charge in [0.15, 0.2) is 5.13 Å². The molecule has 0 spiro atoms. The largest absolute Gasteiger partial charge is 0.312 e. The third kappa shape index (κ3) is 3.13. The first kappa shape index (κ1) is 15.8. The summed E-state index contributed by atoms with van der Waals surface area (Å²) in [5.74, 6) is -0.532. The van der Waals surface area contributed by atoms with Crippen LogP contribution in [-0.2, 0) is 9.59 Å². The van der Waals surface area contributed by atoms with E-state index < -0.39 is 0 Å². The first-order valence-corrected chi connectivity index (χ1v) is 8.95. The van der Waals surface area contributed by atoms with Gasteiger partial charge in [0.2, 0.25) is 11.8 Å². The van der Waals surface area contributed by atoms with Crippen LogP contribution in [0.15, 0.2) is 48.5 Å². The van der Waals surface area contributed by atoms with E-state index in [1.807, 2.05) is 49.4 Å². The van der Waals surface area contributed by atoms with Crippen LogP contribution in [0.25, 0.3) is 10.2 Å². The Morgan fingerprint density at radius 3 is 2.84 bits per heavy atom. The molecule has 2 heterocycles. The molecule has 1 atom stereocenters. The number of para-hydroxylation sites is 1. The molecule has 1 N–H and O–H groups in total. The van der Waals surface area contributed by atoms with Gasteiger partial charge in [0.25, 0.3) is 0 Å². The number of nitrogens with zero attached hydrogens (tertiary/aromatic N) is 2. The van der Waals surface area contributed by atoms with E-state index in [1.165, 1.54) is 11.3 Å². The fourth-order valence-corrected chi connectivity index (χ4v) is 4.00. The van der Waals surface area contributed by atoms with Gasteiger partial charge in [0.05, 0.1) is 16.1 Å². The second-order valence-corrected chi connectivity index (χ2v) is 7.25.